The van der Waals surface area contributed by atoms with Crippen LogP contribution in [0.25, 0.3) is 0 Å². The van der Waals surface area contributed by atoms with Gasteiger partial charge in [-0.1, -0.05) is 13.8 Å². The van der Waals surface area contributed by atoms with Crippen molar-refractivity contribution in [2.24, 2.45) is 17.6 Å². The Labute approximate surface area is 101 Å². The van der Waals surface area contributed by atoms with Crippen molar-refractivity contribution in [2.75, 3.05) is 0 Å². The van der Waals surface area contributed by atoms with Crippen molar-refractivity contribution in [1.82, 2.24) is 10.8 Å². The van der Waals surface area contributed by atoms with E-state index in [1.54, 1.807) is 0 Å². The van der Waals surface area contributed by atoms with Crippen LogP contribution in [-0.4, -0.2) is 29.1 Å². The Morgan fingerprint density at radius 1 is 1.18 bits per heavy atom. The molecule has 6 heteroatoms. The number of rotatable bonds is 3. The number of nitrogens with one attached hydrogen (secondary N) is 2. The second-order valence-electron chi connectivity index (χ2n) is 5.08. The fourth-order valence-electron chi connectivity index (χ4n) is 2.54. The van der Waals surface area contributed by atoms with Crippen LogP contribution < -0.4 is 16.5 Å². The van der Waals surface area contributed by atoms with E-state index in [4.69, 9.17) is 10.9 Å². The van der Waals surface area contributed by atoms with Crippen molar-refractivity contribution < 1.29 is 14.8 Å². The quantitative estimate of drug-likeness (QED) is 0.312. The second-order valence-corrected chi connectivity index (χ2v) is 5.08. The third-order valence-corrected chi connectivity index (χ3v) is 3.20. The first kappa shape index (κ1) is 13.9. The van der Waals surface area contributed by atoms with Crippen LogP contribution in [-0.2, 0) is 9.59 Å². The summed E-state index contributed by atoms with van der Waals surface area (Å²) < 4.78 is 0. The van der Waals surface area contributed by atoms with Gasteiger partial charge in [0.15, 0.2) is 6.04 Å². The normalized spacial score (nSPS) is 30.5. The lowest BCUT2D eigenvalue weighted by atomic mass is 9.80. The average Bonchev–Trinajstić information content (AvgIpc) is 2.25. The van der Waals surface area contributed by atoms with Crippen molar-refractivity contribution in [3.63, 3.8) is 0 Å². The van der Waals surface area contributed by atoms with Crippen LogP contribution in [0.5, 0.6) is 0 Å². The molecule has 2 amide bonds. The fraction of sp³-hybridized carbons (Fsp3) is 0.818. The molecule has 1 aliphatic rings. The van der Waals surface area contributed by atoms with E-state index in [0.717, 1.165) is 19.3 Å². The molecule has 1 aliphatic carbocycles. The molecule has 0 aromatic heterocycles. The third-order valence-electron chi connectivity index (χ3n) is 3.20. The summed E-state index contributed by atoms with van der Waals surface area (Å²) in [6.45, 7) is 4.30. The lowest BCUT2D eigenvalue weighted by Crippen LogP contribution is -2.53. The van der Waals surface area contributed by atoms with Gasteiger partial charge in [0.05, 0.1) is 0 Å². The summed E-state index contributed by atoms with van der Waals surface area (Å²) in [6, 6.07) is -1.29. The SMILES string of the molecule is CC1CC(C)CC(NC(=O)C(N)C(=O)NO)C1. The van der Waals surface area contributed by atoms with Crippen LogP contribution in [0.1, 0.15) is 33.1 Å². The van der Waals surface area contributed by atoms with Gasteiger partial charge in [-0.15, -0.1) is 0 Å². The predicted molar refractivity (Wildman–Crippen MR) is 62.0 cm³/mol. The molecule has 98 valence electrons. The van der Waals surface area contributed by atoms with E-state index >= 15 is 0 Å². The highest BCUT2D eigenvalue weighted by atomic mass is 16.5. The Hall–Kier alpha value is -1.14. The Balaban J connectivity index is 2.48. The monoisotopic (exact) mass is 243 g/mol. The summed E-state index contributed by atoms with van der Waals surface area (Å²) in [4.78, 5) is 22.6. The Bertz CT molecular complexity index is 286. The van der Waals surface area contributed by atoms with Gasteiger partial charge >= 0.3 is 0 Å². The Kier molecular flexibility index (Phi) is 4.89. The van der Waals surface area contributed by atoms with Gasteiger partial charge in [0.1, 0.15) is 0 Å². The molecule has 1 rings (SSSR count). The van der Waals surface area contributed by atoms with Gasteiger partial charge in [-0.05, 0) is 31.1 Å². The van der Waals surface area contributed by atoms with E-state index in [1.165, 1.54) is 5.48 Å². The van der Waals surface area contributed by atoms with Crippen LogP contribution in [0.4, 0.5) is 0 Å². The fourth-order valence-corrected chi connectivity index (χ4v) is 2.54. The first-order valence-electron chi connectivity index (χ1n) is 5.94. The standard InChI is InChI=1S/C11H21N3O3/c1-6-3-7(2)5-8(4-6)13-10(15)9(12)11(16)14-17/h6-9,17H,3-5,12H2,1-2H3,(H,13,15)(H,14,16). The van der Waals surface area contributed by atoms with Gasteiger partial charge in [0.25, 0.3) is 5.91 Å². The number of carbonyl (C=O) groups excluding carboxylic acids is 2. The van der Waals surface area contributed by atoms with Crippen LogP contribution in [0.3, 0.4) is 0 Å². The highest BCUT2D eigenvalue weighted by molar-refractivity contribution is 6.03. The first-order chi connectivity index (χ1) is 7.93. The Morgan fingerprint density at radius 3 is 2.18 bits per heavy atom. The van der Waals surface area contributed by atoms with Gasteiger partial charge in [-0.2, -0.15) is 0 Å². The molecule has 0 aromatic carbocycles. The topological polar surface area (TPSA) is 104 Å². The largest absolute Gasteiger partial charge is 0.352 e. The number of amides is 2. The van der Waals surface area contributed by atoms with Crippen molar-refractivity contribution in [3.05, 3.63) is 0 Å². The van der Waals surface area contributed by atoms with E-state index in [2.05, 4.69) is 19.2 Å². The van der Waals surface area contributed by atoms with E-state index in [1.807, 2.05) is 0 Å². The van der Waals surface area contributed by atoms with Crippen molar-refractivity contribution in [2.45, 2.75) is 45.2 Å². The maximum Gasteiger partial charge on any atom is 0.269 e. The van der Waals surface area contributed by atoms with E-state index < -0.39 is 17.9 Å². The zero-order valence-corrected chi connectivity index (χ0v) is 10.3. The second kappa shape index (κ2) is 5.97. The maximum absolute atomic E-state index is 11.6. The first-order valence-corrected chi connectivity index (χ1v) is 5.94. The molecule has 0 aromatic rings. The molecule has 0 bridgehead atoms. The molecule has 1 saturated carbocycles. The lowest BCUT2D eigenvalue weighted by molar-refractivity contribution is -0.137. The average molecular weight is 243 g/mol. The van der Waals surface area contributed by atoms with Gasteiger partial charge in [0, 0.05) is 6.04 Å². The predicted octanol–water partition coefficient (Wildman–Crippen LogP) is -0.240. The van der Waals surface area contributed by atoms with Gasteiger partial charge in [0.2, 0.25) is 5.91 Å². The molecule has 5 N–H and O–H groups in total. The van der Waals surface area contributed by atoms with Crippen LogP contribution in [0.2, 0.25) is 0 Å². The van der Waals surface area contributed by atoms with E-state index in [-0.39, 0.29) is 6.04 Å². The third kappa shape index (κ3) is 3.98. The molecule has 0 radical (unpaired) electrons. The van der Waals surface area contributed by atoms with Crippen LogP contribution in [0, 0.1) is 11.8 Å². The highest BCUT2D eigenvalue weighted by Crippen LogP contribution is 2.28. The minimum atomic E-state index is -1.35. The molecule has 3 atom stereocenters. The van der Waals surface area contributed by atoms with Gasteiger partial charge in [-0.25, -0.2) is 5.48 Å². The van der Waals surface area contributed by atoms with Crippen LogP contribution >= 0.6 is 0 Å². The van der Waals surface area contributed by atoms with E-state index in [0.29, 0.717) is 11.8 Å². The van der Waals surface area contributed by atoms with Crippen molar-refractivity contribution in [3.8, 4) is 0 Å². The number of hydrogen-bond acceptors (Lipinski definition) is 4. The Morgan fingerprint density at radius 2 is 1.71 bits per heavy atom. The summed E-state index contributed by atoms with van der Waals surface area (Å²) in [5, 5.41) is 11.1. The highest BCUT2D eigenvalue weighted by Gasteiger charge is 2.28. The van der Waals surface area contributed by atoms with Crippen molar-refractivity contribution in [1.29, 1.82) is 0 Å². The molecule has 0 heterocycles. The zero-order valence-electron chi connectivity index (χ0n) is 10.3. The minimum Gasteiger partial charge on any atom is -0.352 e. The van der Waals surface area contributed by atoms with Gasteiger partial charge in [-0.3, -0.25) is 14.8 Å². The summed E-state index contributed by atoms with van der Waals surface area (Å²) in [5.41, 5.74) is 6.75. The summed E-state index contributed by atoms with van der Waals surface area (Å²) >= 11 is 0. The maximum atomic E-state index is 11.6. The van der Waals surface area contributed by atoms with Gasteiger partial charge < -0.3 is 11.1 Å². The number of hydroxylamine groups is 1. The lowest BCUT2D eigenvalue weighted by Gasteiger charge is -2.32. The van der Waals surface area contributed by atoms with E-state index in [9.17, 15) is 9.59 Å². The molecule has 3 unspecified atom stereocenters. The molecule has 0 spiro atoms. The van der Waals surface area contributed by atoms with Crippen LogP contribution in [0.15, 0.2) is 0 Å². The zero-order chi connectivity index (χ0) is 13.0. The number of hydrogen-bond donors (Lipinski definition) is 4. The van der Waals surface area contributed by atoms with Crippen molar-refractivity contribution >= 4 is 11.8 Å². The molecular formula is C11H21N3O3. The smallest absolute Gasteiger partial charge is 0.269 e. The summed E-state index contributed by atoms with van der Waals surface area (Å²) in [7, 11) is 0. The number of nitrogens with two attached hydrogens (primary N) is 1. The molecule has 1 fully saturated rings. The molecule has 17 heavy (non-hydrogen) atoms. The minimum absolute atomic E-state index is 0.0683. The molecule has 0 saturated heterocycles. The molecule has 0 aliphatic heterocycles. The number of carbonyl (C=O) groups is 2. The molecular weight excluding hydrogens is 222 g/mol. The summed E-state index contributed by atoms with van der Waals surface area (Å²) in [6.07, 6.45) is 2.97. The summed E-state index contributed by atoms with van der Waals surface area (Å²) in [5.74, 6) is -0.304. The molecule has 6 nitrogen and oxygen atoms in total.